The highest BCUT2D eigenvalue weighted by Crippen LogP contribution is 2.09. The van der Waals surface area contributed by atoms with Gasteiger partial charge in [-0.05, 0) is 12.8 Å². The zero-order valence-electron chi connectivity index (χ0n) is 7.72. The lowest BCUT2D eigenvalue weighted by atomic mass is 10.1. The Hall–Kier alpha value is -1.36. The first-order chi connectivity index (χ1) is 6.59. The van der Waals surface area contributed by atoms with Crippen molar-refractivity contribution in [1.29, 1.82) is 0 Å². The van der Waals surface area contributed by atoms with Crippen molar-refractivity contribution < 1.29 is 19.8 Å². The summed E-state index contributed by atoms with van der Waals surface area (Å²) >= 11 is 0. The lowest BCUT2D eigenvalue weighted by molar-refractivity contribution is -0.132. The fraction of sp³-hybridized carbons (Fsp3) is 0.556. The molecule has 78 valence electrons. The van der Waals surface area contributed by atoms with Gasteiger partial charge in [-0.15, -0.1) is 0 Å². The molecule has 0 spiro atoms. The zero-order valence-corrected chi connectivity index (χ0v) is 7.72. The minimum absolute atomic E-state index is 0.306. The average molecular weight is 199 g/mol. The SMILES string of the molecule is O=C(O)/C=C/C(=O)N1CCC(O)CC1. The standard InChI is InChI=1S/C9H13NO4/c11-7-3-5-10(6-4-7)8(12)1-2-9(13)14/h1-2,7,11H,3-6H2,(H,13,14)/b2-1+. The second kappa shape index (κ2) is 4.76. The Labute approximate surface area is 81.6 Å². The van der Waals surface area contributed by atoms with E-state index in [1.807, 2.05) is 0 Å². The third-order valence-corrected chi connectivity index (χ3v) is 2.14. The number of hydrogen-bond donors (Lipinski definition) is 2. The molecule has 0 aromatic carbocycles. The number of aliphatic hydroxyl groups excluding tert-OH is 1. The van der Waals surface area contributed by atoms with Crippen LogP contribution >= 0.6 is 0 Å². The Morgan fingerprint density at radius 3 is 2.29 bits per heavy atom. The summed E-state index contributed by atoms with van der Waals surface area (Å²) in [7, 11) is 0. The van der Waals surface area contributed by atoms with Gasteiger partial charge in [-0.3, -0.25) is 4.79 Å². The average Bonchev–Trinajstić information content (AvgIpc) is 2.15. The first kappa shape index (κ1) is 10.7. The lowest BCUT2D eigenvalue weighted by Gasteiger charge is -2.28. The minimum atomic E-state index is -1.13. The number of hydrogen-bond acceptors (Lipinski definition) is 3. The van der Waals surface area contributed by atoms with Gasteiger partial charge in [-0.1, -0.05) is 0 Å². The van der Waals surface area contributed by atoms with Crippen LogP contribution in [0.5, 0.6) is 0 Å². The highest BCUT2D eigenvalue weighted by molar-refractivity contribution is 5.93. The molecule has 1 aliphatic heterocycles. The molecule has 1 fully saturated rings. The van der Waals surface area contributed by atoms with E-state index in [1.54, 1.807) is 0 Å². The summed E-state index contributed by atoms with van der Waals surface area (Å²) in [4.78, 5) is 23.0. The number of carbonyl (C=O) groups is 2. The number of carboxylic acids is 1. The van der Waals surface area contributed by atoms with Gasteiger partial charge in [0.05, 0.1) is 6.10 Å². The number of carbonyl (C=O) groups excluding carboxylic acids is 1. The minimum Gasteiger partial charge on any atom is -0.478 e. The van der Waals surface area contributed by atoms with Gasteiger partial charge in [0.25, 0.3) is 0 Å². The fourth-order valence-electron chi connectivity index (χ4n) is 1.33. The van der Waals surface area contributed by atoms with E-state index in [2.05, 4.69) is 0 Å². The van der Waals surface area contributed by atoms with E-state index in [-0.39, 0.29) is 12.0 Å². The van der Waals surface area contributed by atoms with Crippen LogP contribution in [0.15, 0.2) is 12.2 Å². The molecule has 0 saturated carbocycles. The van der Waals surface area contributed by atoms with Crippen LogP contribution in [0.1, 0.15) is 12.8 Å². The Morgan fingerprint density at radius 1 is 1.21 bits per heavy atom. The third kappa shape index (κ3) is 3.18. The Balaban J connectivity index is 2.42. The van der Waals surface area contributed by atoms with Gasteiger partial charge in [-0.2, -0.15) is 0 Å². The Morgan fingerprint density at radius 2 is 1.79 bits per heavy atom. The molecule has 0 atom stereocenters. The van der Waals surface area contributed by atoms with E-state index in [9.17, 15) is 14.7 Å². The van der Waals surface area contributed by atoms with Crippen LogP contribution in [0.3, 0.4) is 0 Å². The zero-order chi connectivity index (χ0) is 10.6. The van der Waals surface area contributed by atoms with Crippen LogP contribution in [-0.4, -0.2) is 46.2 Å². The van der Waals surface area contributed by atoms with E-state index in [0.29, 0.717) is 25.9 Å². The highest BCUT2D eigenvalue weighted by atomic mass is 16.4. The van der Waals surface area contributed by atoms with Crippen molar-refractivity contribution >= 4 is 11.9 Å². The molecule has 2 N–H and O–H groups in total. The molecule has 0 unspecified atom stereocenters. The van der Waals surface area contributed by atoms with Gasteiger partial charge in [0.1, 0.15) is 0 Å². The van der Waals surface area contributed by atoms with E-state index in [4.69, 9.17) is 5.11 Å². The number of carboxylic acid groups (broad SMARTS) is 1. The molecule has 0 radical (unpaired) electrons. The second-order valence-corrected chi connectivity index (χ2v) is 3.23. The van der Waals surface area contributed by atoms with Crippen molar-refractivity contribution in [1.82, 2.24) is 4.90 Å². The van der Waals surface area contributed by atoms with Gasteiger partial charge >= 0.3 is 5.97 Å². The van der Waals surface area contributed by atoms with Crippen molar-refractivity contribution in [3.8, 4) is 0 Å². The molecular weight excluding hydrogens is 186 g/mol. The van der Waals surface area contributed by atoms with E-state index in [0.717, 1.165) is 12.2 Å². The maximum atomic E-state index is 11.3. The molecular formula is C9H13NO4. The summed E-state index contributed by atoms with van der Waals surface area (Å²) in [6.45, 7) is 0.980. The van der Waals surface area contributed by atoms with Crippen molar-refractivity contribution in [2.75, 3.05) is 13.1 Å². The molecule has 0 aromatic heterocycles. The van der Waals surface area contributed by atoms with Crippen LogP contribution in [0, 0.1) is 0 Å². The molecule has 1 saturated heterocycles. The Bertz CT molecular complexity index is 254. The maximum absolute atomic E-state index is 11.3. The molecule has 14 heavy (non-hydrogen) atoms. The van der Waals surface area contributed by atoms with E-state index < -0.39 is 5.97 Å². The quantitative estimate of drug-likeness (QED) is 0.594. The predicted molar refractivity (Wildman–Crippen MR) is 48.6 cm³/mol. The largest absolute Gasteiger partial charge is 0.478 e. The van der Waals surface area contributed by atoms with E-state index >= 15 is 0 Å². The number of aliphatic carboxylic acids is 1. The van der Waals surface area contributed by atoms with Crippen LogP contribution in [0.2, 0.25) is 0 Å². The summed E-state index contributed by atoms with van der Waals surface area (Å²) < 4.78 is 0. The van der Waals surface area contributed by atoms with Gasteiger partial charge in [0.15, 0.2) is 0 Å². The van der Waals surface area contributed by atoms with Crippen molar-refractivity contribution in [2.24, 2.45) is 0 Å². The number of likely N-dealkylation sites (tertiary alicyclic amines) is 1. The van der Waals surface area contributed by atoms with Gasteiger partial charge in [0.2, 0.25) is 5.91 Å². The normalized spacial score (nSPS) is 18.8. The summed E-state index contributed by atoms with van der Waals surface area (Å²) in [6.07, 6.45) is 2.66. The van der Waals surface area contributed by atoms with Crippen molar-refractivity contribution in [3.05, 3.63) is 12.2 Å². The molecule has 0 aromatic rings. The molecule has 1 heterocycles. The van der Waals surface area contributed by atoms with Crippen LogP contribution in [0.4, 0.5) is 0 Å². The molecule has 1 aliphatic rings. The molecule has 0 bridgehead atoms. The first-order valence-electron chi connectivity index (χ1n) is 4.47. The van der Waals surface area contributed by atoms with Gasteiger partial charge in [0, 0.05) is 25.2 Å². The summed E-state index contributed by atoms with van der Waals surface area (Å²) in [6, 6.07) is 0. The summed E-state index contributed by atoms with van der Waals surface area (Å²) in [5.74, 6) is -1.44. The summed E-state index contributed by atoms with van der Waals surface area (Å²) in [5.41, 5.74) is 0. The molecule has 5 heteroatoms. The fourth-order valence-corrected chi connectivity index (χ4v) is 1.33. The topological polar surface area (TPSA) is 77.8 Å². The third-order valence-electron chi connectivity index (χ3n) is 2.14. The molecule has 1 rings (SSSR count). The number of piperidine rings is 1. The van der Waals surface area contributed by atoms with Crippen molar-refractivity contribution in [3.63, 3.8) is 0 Å². The highest BCUT2D eigenvalue weighted by Gasteiger charge is 2.19. The molecule has 1 amide bonds. The second-order valence-electron chi connectivity index (χ2n) is 3.23. The Kier molecular flexibility index (Phi) is 3.64. The summed E-state index contributed by atoms with van der Waals surface area (Å²) in [5, 5.41) is 17.5. The lowest BCUT2D eigenvalue weighted by Crippen LogP contribution is -2.39. The molecule has 5 nitrogen and oxygen atoms in total. The molecule has 0 aliphatic carbocycles. The first-order valence-corrected chi connectivity index (χ1v) is 4.47. The predicted octanol–water partition coefficient (Wildman–Crippen LogP) is -0.390. The number of nitrogens with zero attached hydrogens (tertiary/aromatic N) is 1. The van der Waals surface area contributed by atoms with Crippen molar-refractivity contribution in [2.45, 2.75) is 18.9 Å². The maximum Gasteiger partial charge on any atom is 0.328 e. The number of amides is 1. The number of rotatable bonds is 2. The monoisotopic (exact) mass is 199 g/mol. The van der Waals surface area contributed by atoms with Crippen LogP contribution in [-0.2, 0) is 9.59 Å². The smallest absolute Gasteiger partial charge is 0.328 e. The van der Waals surface area contributed by atoms with E-state index in [1.165, 1.54) is 4.90 Å². The van der Waals surface area contributed by atoms with Crippen LogP contribution in [0.25, 0.3) is 0 Å². The van der Waals surface area contributed by atoms with Gasteiger partial charge < -0.3 is 15.1 Å². The number of aliphatic hydroxyl groups is 1. The van der Waals surface area contributed by atoms with Crippen LogP contribution < -0.4 is 0 Å². The van der Waals surface area contributed by atoms with Gasteiger partial charge in [-0.25, -0.2) is 4.79 Å².